The number of hydrogen-bond acceptors (Lipinski definition) is 4. The highest BCUT2D eigenvalue weighted by Gasteiger charge is 2.16. The topological polar surface area (TPSA) is 91.2 Å². The van der Waals surface area contributed by atoms with Crippen LogP contribution in [0.25, 0.3) is 6.08 Å². The third-order valence-electron chi connectivity index (χ3n) is 4.55. The van der Waals surface area contributed by atoms with Crippen molar-refractivity contribution in [1.82, 2.24) is 0 Å². The highest BCUT2D eigenvalue weighted by molar-refractivity contribution is 9.11. The number of hydrogen-bond donors (Lipinski definition) is 2. The Labute approximate surface area is 218 Å². The molecule has 0 saturated heterocycles. The van der Waals surface area contributed by atoms with Crippen molar-refractivity contribution >= 4 is 72.7 Å². The van der Waals surface area contributed by atoms with Crippen LogP contribution in [0.4, 0.5) is 11.4 Å². The number of nitriles is 1. The van der Waals surface area contributed by atoms with Crippen molar-refractivity contribution in [3.8, 4) is 11.8 Å². The summed E-state index contributed by atoms with van der Waals surface area (Å²) in [4.78, 5) is 25.1. The molecule has 0 aliphatic carbocycles. The maximum absolute atomic E-state index is 12.7. The zero-order valence-corrected chi connectivity index (χ0v) is 21.8. The van der Waals surface area contributed by atoms with E-state index in [0.29, 0.717) is 36.7 Å². The van der Waals surface area contributed by atoms with E-state index in [2.05, 4.69) is 42.5 Å². The lowest BCUT2D eigenvalue weighted by molar-refractivity contribution is -0.118. The van der Waals surface area contributed by atoms with Crippen molar-refractivity contribution in [1.29, 1.82) is 5.26 Å². The van der Waals surface area contributed by atoms with Gasteiger partial charge in [0.25, 0.3) is 11.8 Å². The predicted molar refractivity (Wildman–Crippen MR) is 141 cm³/mol. The number of rotatable bonds is 7. The Bertz CT molecular complexity index is 1320. The van der Waals surface area contributed by atoms with Crippen LogP contribution in [-0.4, -0.2) is 18.4 Å². The van der Waals surface area contributed by atoms with Crippen molar-refractivity contribution in [2.24, 2.45) is 0 Å². The summed E-state index contributed by atoms with van der Waals surface area (Å²) in [5.41, 5.74) is 2.35. The lowest BCUT2D eigenvalue weighted by Gasteiger charge is -2.13. The lowest BCUT2D eigenvalue weighted by atomic mass is 10.1. The number of halogens is 3. The van der Waals surface area contributed by atoms with Gasteiger partial charge in [-0.2, -0.15) is 5.26 Å². The van der Waals surface area contributed by atoms with E-state index in [4.69, 9.17) is 16.3 Å². The summed E-state index contributed by atoms with van der Waals surface area (Å²) in [6.07, 6.45) is 1.39. The molecule has 0 aliphatic rings. The maximum atomic E-state index is 12.7. The number of anilines is 2. The summed E-state index contributed by atoms with van der Waals surface area (Å²) in [5, 5.41) is 15.5. The van der Waals surface area contributed by atoms with Crippen LogP contribution in [0.3, 0.4) is 0 Å². The van der Waals surface area contributed by atoms with Crippen molar-refractivity contribution in [2.45, 2.75) is 6.92 Å². The first-order valence-electron chi connectivity index (χ1n) is 9.93. The van der Waals surface area contributed by atoms with Gasteiger partial charge in [-0.1, -0.05) is 51.8 Å². The Balaban J connectivity index is 1.81. The van der Waals surface area contributed by atoms with E-state index in [1.54, 1.807) is 42.5 Å². The molecule has 0 unspecified atom stereocenters. The van der Waals surface area contributed by atoms with Gasteiger partial charge in [0.05, 0.1) is 4.47 Å². The van der Waals surface area contributed by atoms with Crippen LogP contribution in [0, 0.1) is 18.3 Å². The minimum atomic E-state index is -0.607. The number of amides is 2. The second-order valence-corrected chi connectivity index (χ2v) is 9.30. The molecule has 0 aromatic heterocycles. The van der Waals surface area contributed by atoms with Gasteiger partial charge in [0, 0.05) is 26.4 Å². The molecule has 0 heterocycles. The number of ether oxygens (including phenoxy) is 1. The zero-order valence-electron chi connectivity index (χ0n) is 17.9. The largest absolute Gasteiger partial charge is 0.482 e. The van der Waals surface area contributed by atoms with E-state index in [1.807, 2.05) is 31.2 Å². The number of carbonyl (C=O) groups excluding carboxylic acids is 2. The highest BCUT2D eigenvalue weighted by Crippen LogP contribution is 2.34. The van der Waals surface area contributed by atoms with Crippen molar-refractivity contribution in [2.75, 3.05) is 17.2 Å². The molecule has 0 atom stereocenters. The molecule has 34 heavy (non-hydrogen) atoms. The molecule has 3 aromatic rings. The summed E-state index contributed by atoms with van der Waals surface area (Å²) in [5.74, 6) is -0.645. The molecule has 0 aliphatic heterocycles. The summed E-state index contributed by atoms with van der Waals surface area (Å²) in [7, 11) is 0. The van der Waals surface area contributed by atoms with Crippen LogP contribution < -0.4 is 15.4 Å². The highest BCUT2D eigenvalue weighted by atomic mass is 79.9. The summed E-state index contributed by atoms with van der Waals surface area (Å²) in [6, 6.07) is 19.3. The van der Waals surface area contributed by atoms with Gasteiger partial charge in [-0.3, -0.25) is 9.59 Å². The zero-order chi connectivity index (χ0) is 24.7. The molecule has 9 heteroatoms. The van der Waals surface area contributed by atoms with Crippen molar-refractivity contribution in [3.63, 3.8) is 0 Å². The summed E-state index contributed by atoms with van der Waals surface area (Å²) < 4.78 is 7.01. The Hall–Kier alpha value is -3.12. The first-order valence-corrected chi connectivity index (χ1v) is 11.9. The first kappa shape index (κ1) is 25.5. The molecule has 0 saturated carbocycles. The molecule has 172 valence electrons. The first-order chi connectivity index (χ1) is 16.3. The smallest absolute Gasteiger partial charge is 0.266 e. The fourth-order valence-electron chi connectivity index (χ4n) is 2.95. The van der Waals surface area contributed by atoms with E-state index < -0.39 is 5.91 Å². The molecule has 3 rings (SSSR count). The standard InChI is InChI=1S/C25H18Br2ClN3O3/c1-15-5-2-3-8-22(15)31-23(32)14-34-24-16(10-18(26)11-21(24)27)9-17(13-29)25(33)30-20-7-4-6-19(28)12-20/h2-12H,14H2,1H3,(H,30,33)(H,31,32)/b17-9-. The number of nitrogens with one attached hydrogen (secondary N) is 2. The van der Waals surface area contributed by atoms with Crippen LogP contribution in [0.2, 0.25) is 5.02 Å². The quantitative estimate of drug-likeness (QED) is 0.231. The molecular formula is C25H18Br2ClN3O3. The van der Waals surface area contributed by atoms with Crippen LogP contribution in [0.5, 0.6) is 5.75 Å². The molecule has 0 spiro atoms. The van der Waals surface area contributed by atoms with E-state index in [9.17, 15) is 14.9 Å². The Morgan fingerprint density at radius 3 is 2.56 bits per heavy atom. The summed E-state index contributed by atoms with van der Waals surface area (Å²) >= 11 is 12.8. The van der Waals surface area contributed by atoms with Crippen LogP contribution in [0.1, 0.15) is 11.1 Å². The average molecular weight is 604 g/mol. The average Bonchev–Trinajstić information content (AvgIpc) is 2.78. The second kappa shape index (κ2) is 11.8. The Morgan fingerprint density at radius 1 is 1.09 bits per heavy atom. The SMILES string of the molecule is Cc1ccccc1NC(=O)COc1c(Br)cc(Br)cc1/C=C(/C#N)C(=O)Nc1cccc(Cl)c1. The molecule has 0 bridgehead atoms. The Kier molecular flexibility index (Phi) is 8.88. The van der Waals surface area contributed by atoms with Gasteiger partial charge in [-0.15, -0.1) is 0 Å². The van der Waals surface area contributed by atoms with Gasteiger partial charge in [0.1, 0.15) is 17.4 Å². The summed E-state index contributed by atoms with van der Waals surface area (Å²) in [6.45, 7) is 1.62. The number of carbonyl (C=O) groups is 2. The van der Waals surface area contributed by atoms with Crippen LogP contribution in [0.15, 0.2) is 75.2 Å². The van der Waals surface area contributed by atoms with Crippen LogP contribution >= 0.6 is 43.5 Å². The fourth-order valence-corrected chi connectivity index (χ4v) is 4.51. The van der Waals surface area contributed by atoms with E-state index >= 15 is 0 Å². The normalized spacial score (nSPS) is 10.9. The number of aryl methyl sites for hydroxylation is 1. The van der Waals surface area contributed by atoms with Crippen LogP contribution in [-0.2, 0) is 9.59 Å². The minimum Gasteiger partial charge on any atom is -0.482 e. The molecule has 2 N–H and O–H groups in total. The third kappa shape index (κ3) is 6.94. The number of nitrogens with zero attached hydrogens (tertiary/aromatic N) is 1. The van der Waals surface area contributed by atoms with Crippen molar-refractivity contribution < 1.29 is 14.3 Å². The lowest BCUT2D eigenvalue weighted by Crippen LogP contribution is -2.21. The molecule has 0 radical (unpaired) electrons. The molecular weight excluding hydrogens is 586 g/mol. The van der Waals surface area contributed by atoms with E-state index in [0.717, 1.165) is 5.56 Å². The number of benzene rings is 3. The van der Waals surface area contributed by atoms with E-state index in [1.165, 1.54) is 6.08 Å². The van der Waals surface area contributed by atoms with Gasteiger partial charge >= 0.3 is 0 Å². The van der Waals surface area contributed by atoms with Crippen molar-refractivity contribution in [3.05, 3.63) is 91.3 Å². The molecule has 6 nitrogen and oxygen atoms in total. The fraction of sp³-hybridized carbons (Fsp3) is 0.0800. The molecule has 3 aromatic carbocycles. The molecule has 2 amide bonds. The van der Waals surface area contributed by atoms with Gasteiger partial charge in [0.15, 0.2) is 6.61 Å². The minimum absolute atomic E-state index is 0.154. The molecule has 0 fully saturated rings. The van der Waals surface area contributed by atoms with Gasteiger partial charge in [-0.25, -0.2) is 0 Å². The second-order valence-electron chi connectivity index (χ2n) is 7.09. The maximum Gasteiger partial charge on any atom is 0.266 e. The van der Waals surface area contributed by atoms with Gasteiger partial charge in [0.2, 0.25) is 0 Å². The monoisotopic (exact) mass is 601 g/mol. The Morgan fingerprint density at radius 2 is 1.85 bits per heavy atom. The van der Waals surface area contributed by atoms with Gasteiger partial charge in [-0.05, 0) is 70.9 Å². The van der Waals surface area contributed by atoms with Gasteiger partial charge < -0.3 is 15.4 Å². The number of para-hydroxylation sites is 1. The third-order valence-corrected chi connectivity index (χ3v) is 5.83. The predicted octanol–water partition coefficient (Wildman–Crippen LogP) is 6.74. The van der Waals surface area contributed by atoms with E-state index in [-0.39, 0.29) is 18.1 Å².